The second kappa shape index (κ2) is 7.42. The van der Waals surface area contributed by atoms with Gasteiger partial charge in [-0.2, -0.15) is 0 Å². The highest BCUT2D eigenvalue weighted by atomic mass is 16.7. The van der Waals surface area contributed by atoms with Crippen LogP contribution in [0.2, 0.25) is 0 Å². The van der Waals surface area contributed by atoms with Gasteiger partial charge in [0.1, 0.15) is 18.1 Å². The second-order valence-electron chi connectivity index (χ2n) is 3.94. The fourth-order valence-corrected chi connectivity index (χ4v) is 1.58. The summed E-state index contributed by atoms with van der Waals surface area (Å²) in [6.45, 7) is 0.771. The molecule has 0 atom stereocenters. The Kier molecular flexibility index (Phi) is 5.28. The highest BCUT2D eigenvalue weighted by Gasteiger charge is 2.22. The van der Waals surface area contributed by atoms with Crippen molar-refractivity contribution in [3.63, 3.8) is 0 Å². The van der Waals surface area contributed by atoms with Crippen LogP contribution in [0.4, 0.5) is 0 Å². The van der Waals surface area contributed by atoms with Crippen LogP contribution < -0.4 is 19.8 Å². The molecule has 2 aromatic rings. The van der Waals surface area contributed by atoms with Crippen molar-refractivity contribution in [1.29, 1.82) is 0 Å². The van der Waals surface area contributed by atoms with Crippen LogP contribution >= 0.6 is 0 Å². The summed E-state index contributed by atoms with van der Waals surface area (Å²) in [4.78, 5) is 0. The molecule has 0 amide bonds. The summed E-state index contributed by atoms with van der Waals surface area (Å²) in [6.07, 6.45) is 0. The van der Waals surface area contributed by atoms with Gasteiger partial charge in [-0.1, -0.05) is 30.3 Å². The lowest BCUT2D eigenvalue weighted by atomic mass is 10.2. The van der Waals surface area contributed by atoms with Gasteiger partial charge in [0, 0.05) is 6.54 Å². The quantitative estimate of drug-likeness (QED) is 0.747. The molecule has 6 heteroatoms. The van der Waals surface area contributed by atoms with E-state index in [0.29, 0.717) is 30.4 Å². The van der Waals surface area contributed by atoms with E-state index in [-0.39, 0.29) is 0 Å². The SMILES string of the molecule is NCCOc1ccccc1OB(O)Oc1ccccc1. The Morgan fingerprint density at radius 3 is 2.25 bits per heavy atom. The minimum Gasteiger partial charge on any atom is -0.501 e. The van der Waals surface area contributed by atoms with Crippen molar-refractivity contribution in [2.75, 3.05) is 13.2 Å². The van der Waals surface area contributed by atoms with E-state index in [1.54, 1.807) is 42.5 Å². The maximum absolute atomic E-state index is 9.78. The van der Waals surface area contributed by atoms with Crippen LogP contribution in [-0.2, 0) is 0 Å². The van der Waals surface area contributed by atoms with E-state index in [2.05, 4.69) is 0 Å². The van der Waals surface area contributed by atoms with E-state index >= 15 is 0 Å². The molecule has 104 valence electrons. The first-order chi connectivity index (χ1) is 9.79. The number of ether oxygens (including phenoxy) is 1. The number of para-hydroxylation sites is 3. The van der Waals surface area contributed by atoms with Crippen molar-refractivity contribution in [2.24, 2.45) is 5.73 Å². The molecule has 0 bridgehead atoms. The maximum atomic E-state index is 9.78. The van der Waals surface area contributed by atoms with Gasteiger partial charge in [0.15, 0.2) is 5.75 Å². The van der Waals surface area contributed by atoms with Gasteiger partial charge in [0.05, 0.1) is 0 Å². The smallest absolute Gasteiger partial charge is 0.501 e. The summed E-state index contributed by atoms with van der Waals surface area (Å²) >= 11 is 0. The molecule has 0 unspecified atom stereocenters. The Bertz CT molecular complexity index is 524. The molecular formula is C14H16BNO4. The summed E-state index contributed by atoms with van der Waals surface area (Å²) in [5, 5.41) is 9.78. The molecule has 0 radical (unpaired) electrons. The van der Waals surface area contributed by atoms with Gasteiger partial charge in [-0.3, -0.25) is 0 Å². The van der Waals surface area contributed by atoms with Crippen molar-refractivity contribution >= 4 is 7.32 Å². The molecule has 0 saturated heterocycles. The highest BCUT2D eigenvalue weighted by molar-refractivity contribution is 6.36. The van der Waals surface area contributed by atoms with E-state index < -0.39 is 7.32 Å². The van der Waals surface area contributed by atoms with Gasteiger partial charge in [-0.15, -0.1) is 0 Å². The molecule has 2 aromatic carbocycles. The predicted molar refractivity (Wildman–Crippen MR) is 76.7 cm³/mol. The van der Waals surface area contributed by atoms with Gasteiger partial charge in [-0.05, 0) is 24.3 Å². The Morgan fingerprint density at radius 1 is 0.900 bits per heavy atom. The first-order valence-electron chi connectivity index (χ1n) is 6.28. The van der Waals surface area contributed by atoms with E-state index in [4.69, 9.17) is 19.8 Å². The van der Waals surface area contributed by atoms with E-state index in [9.17, 15) is 5.02 Å². The third-order valence-corrected chi connectivity index (χ3v) is 2.43. The molecule has 0 fully saturated rings. The first-order valence-corrected chi connectivity index (χ1v) is 6.28. The van der Waals surface area contributed by atoms with Gasteiger partial charge < -0.3 is 24.8 Å². The lowest BCUT2D eigenvalue weighted by molar-refractivity contribution is 0.276. The number of benzene rings is 2. The summed E-state index contributed by atoms with van der Waals surface area (Å²) in [7, 11) is -1.42. The fraction of sp³-hybridized carbons (Fsp3) is 0.143. The molecule has 2 rings (SSSR count). The topological polar surface area (TPSA) is 73.9 Å². The summed E-state index contributed by atoms with van der Waals surface area (Å²) < 4.78 is 16.0. The summed E-state index contributed by atoms with van der Waals surface area (Å²) in [5.41, 5.74) is 5.39. The number of nitrogens with two attached hydrogens (primary N) is 1. The number of rotatable bonds is 7. The van der Waals surface area contributed by atoms with Crippen molar-refractivity contribution in [2.45, 2.75) is 0 Å². The van der Waals surface area contributed by atoms with Crippen molar-refractivity contribution in [1.82, 2.24) is 0 Å². The molecule has 0 aliphatic carbocycles. The van der Waals surface area contributed by atoms with Crippen LogP contribution in [0.5, 0.6) is 17.2 Å². The van der Waals surface area contributed by atoms with E-state index in [1.165, 1.54) is 0 Å². The van der Waals surface area contributed by atoms with E-state index in [1.807, 2.05) is 12.1 Å². The Balaban J connectivity index is 1.98. The van der Waals surface area contributed by atoms with Gasteiger partial charge in [-0.25, -0.2) is 0 Å². The molecule has 0 aliphatic heterocycles. The minimum atomic E-state index is -1.42. The Hall–Kier alpha value is -2.18. The molecule has 0 heterocycles. The standard InChI is InChI=1S/C14H16BNO4/c16-10-11-18-13-8-4-5-9-14(13)20-15(17)19-12-6-2-1-3-7-12/h1-9,17H,10-11,16H2. The van der Waals surface area contributed by atoms with Crippen LogP contribution in [0.3, 0.4) is 0 Å². The minimum absolute atomic E-state index is 0.371. The van der Waals surface area contributed by atoms with Crippen LogP contribution in [0.25, 0.3) is 0 Å². The van der Waals surface area contributed by atoms with Gasteiger partial charge >= 0.3 is 7.32 Å². The summed E-state index contributed by atoms with van der Waals surface area (Å²) in [5.74, 6) is 1.42. The Labute approximate surface area is 118 Å². The van der Waals surface area contributed by atoms with Crippen LogP contribution in [0.15, 0.2) is 54.6 Å². The normalized spacial score (nSPS) is 9.90. The zero-order valence-corrected chi connectivity index (χ0v) is 10.9. The molecule has 5 nitrogen and oxygen atoms in total. The van der Waals surface area contributed by atoms with Crippen molar-refractivity contribution in [3.05, 3.63) is 54.6 Å². The second-order valence-corrected chi connectivity index (χ2v) is 3.94. The van der Waals surface area contributed by atoms with Crippen LogP contribution in [0.1, 0.15) is 0 Å². The lowest BCUT2D eigenvalue weighted by Crippen LogP contribution is -2.29. The molecular weight excluding hydrogens is 257 g/mol. The van der Waals surface area contributed by atoms with Gasteiger partial charge in [0.25, 0.3) is 0 Å². The molecule has 20 heavy (non-hydrogen) atoms. The molecule has 3 N–H and O–H groups in total. The average Bonchev–Trinajstić information content (AvgIpc) is 2.47. The molecule has 0 saturated carbocycles. The Morgan fingerprint density at radius 2 is 1.55 bits per heavy atom. The molecule has 0 aliphatic rings. The van der Waals surface area contributed by atoms with Gasteiger partial charge in [0.2, 0.25) is 0 Å². The van der Waals surface area contributed by atoms with Crippen molar-refractivity contribution < 1.29 is 19.1 Å². The number of hydrogen-bond donors (Lipinski definition) is 2. The average molecular weight is 273 g/mol. The first kappa shape index (κ1) is 14.2. The summed E-state index contributed by atoms with van der Waals surface area (Å²) in [6, 6.07) is 15.9. The lowest BCUT2D eigenvalue weighted by Gasteiger charge is -2.14. The zero-order chi connectivity index (χ0) is 14.2. The number of hydrogen-bond acceptors (Lipinski definition) is 5. The van der Waals surface area contributed by atoms with Crippen LogP contribution in [0, 0.1) is 0 Å². The zero-order valence-electron chi connectivity index (χ0n) is 10.9. The third-order valence-electron chi connectivity index (χ3n) is 2.43. The third kappa shape index (κ3) is 4.19. The molecule has 0 aromatic heterocycles. The van der Waals surface area contributed by atoms with E-state index in [0.717, 1.165) is 0 Å². The largest absolute Gasteiger partial charge is 0.785 e. The predicted octanol–water partition coefficient (Wildman–Crippen LogP) is 1.46. The monoisotopic (exact) mass is 273 g/mol. The fourth-order valence-electron chi connectivity index (χ4n) is 1.58. The molecule has 0 spiro atoms. The highest BCUT2D eigenvalue weighted by Crippen LogP contribution is 2.26. The van der Waals surface area contributed by atoms with Crippen LogP contribution in [-0.4, -0.2) is 25.5 Å². The van der Waals surface area contributed by atoms with Crippen molar-refractivity contribution in [3.8, 4) is 17.2 Å². The maximum Gasteiger partial charge on any atom is 0.785 e.